The standard InChI is InChI=1S/C20H25NO3/c1-23-14-16-6-3-5-15(9-16)12-21-13-18(22)11-20(21)17-7-4-8-19(10-17)24-2/h3-10,18,20,22H,11-14H2,1-2H3/t18-,20-/m0/s1. The van der Waals surface area contributed by atoms with Crippen molar-refractivity contribution in [3.8, 4) is 5.75 Å². The Balaban J connectivity index is 1.79. The molecule has 0 radical (unpaired) electrons. The molecule has 1 aliphatic heterocycles. The Morgan fingerprint density at radius 1 is 1.08 bits per heavy atom. The second-order valence-electron chi connectivity index (χ2n) is 6.36. The number of hydrogen-bond acceptors (Lipinski definition) is 4. The number of hydrogen-bond donors (Lipinski definition) is 1. The predicted molar refractivity (Wildman–Crippen MR) is 93.9 cm³/mol. The minimum atomic E-state index is -0.289. The van der Waals surface area contributed by atoms with Crippen LogP contribution in [0.25, 0.3) is 0 Å². The van der Waals surface area contributed by atoms with Gasteiger partial charge in [0.25, 0.3) is 0 Å². The molecule has 2 aromatic carbocycles. The Morgan fingerprint density at radius 2 is 1.88 bits per heavy atom. The third kappa shape index (κ3) is 3.96. The first kappa shape index (κ1) is 17.0. The van der Waals surface area contributed by atoms with Gasteiger partial charge in [0.05, 0.1) is 19.8 Å². The summed E-state index contributed by atoms with van der Waals surface area (Å²) in [5, 5.41) is 10.2. The van der Waals surface area contributed by atoms with E-state index in [-0.39, 0.29) is 12.1 Å². The Kier molecular flexibility index (Phi) is 5.51. The van der Waals surface area contributed by atoms with Gasteiger partial charge in [-0.1, -0.05) is 36.4 Å². The SMILES string of the molecule is COCc1cccc(CN2C[C@@H](O)C[C@H]2c2cccc(OC)c2)c1. The second kappa shape index (κ2) is 7.79. The average molecular weight is 327 g/mol. The van der Waals surface area contributed by atoms with E-state index in [1.165, 1.54) is 16.7 Å². The summed E-state index contributed by atoms with van der Waals surface area (Å²) >= 11 is 0. The molecule has 0 bridgehead atoms. The van der Waals surface area contributed by atoms with Crippen molar-refractivity contribution in [3.05, 3.63) is 65.2 Å². The molecule has 4 nitrogen and oxygen atoms in total. The van der Waals surface area contributed by atoms with Crippen LogP contribution >= 0.6 is 0 Å². The number of ether oxygens (including phenoxy) is 2. The summed E-state index contributed by atoms with van der Waals surface area (Å²) in [5.41, 5.74) is 3.61. The highest BCUT2D eigenvalue weighted by atomic mass is 16.5. The van der Waals surface area contributed by atoms with Crippen molar-refractivity contribution >= 4 is 0 Å². The molecule has 0 unspecified atom stereocenters. The van der Waals surface area contributed by atoms with E-state index in [4.69, 9.17) is 9.47 Å². The zero-order valence-corrected chi connectivity index (χ0v) is 14.3. The number of β-amino-alcohol motifs (C(OH)–C–C–N with tert-alkyl or cyclic N) is 1. The van der Waals surface area contributed by atoms with E-state index in [1.54, 1.807) is 14.2 Å². The van der Waals surface area contributed by atoms with Gasteiger partial charge in [-0.25, -0.2) is 0 Å². The van der Waals surface area contributed by atoms with Crippen LogP contribution in [-0.4, -0.2) is 36.9 Å². The maximum Gasteiger partial charge on any atom is 0.119 e. The van der Waals surface area contributed by atoms with E-state index in [0.29, 0.717) is 13.2 Å². The summed E-state index contributed by atoms with van der Waals surface area (Å²) in [5.74, 6) is 0.857. The molecule has 0 aromatic heterocycles. The molecule has 128 valence electrons. The van der Waals surface area contributed by atoms with Gasteiger partial charge in [-0.15, -0.1) is 0 Å². The number of rotatable bonds is 6. The highest BCUT2D eigenvalue weighted by Gasteiger charge is 2.32. The van der Waals surface area contributed by atoms with E-state index >= 15 is 0 Å². The molecule has 0 spiro atoms. The smallest absolute Gasteiger partial charge is 0.119 e. The topological polar surface area (TPSA) is 41.9 Å². The maximum atomic E-state index is 10.2. The normalized spacial score (nSPS) is 21.1. The highest BCUT2D eigenvalue weighted by molar-refractivity contribution is 5.32. The molecule has 2 atom stereocenters. The molecule has 1 aliphatic rings. The lowest BCUT2D eigenvalue weighted by Crippen LogP contribution is -2.24. The summed E-state index contributed by atoms with van der Waals surface area (Å²) in [6, 6.07) is 16.8. The molecular weight excluding hydrogens is 302 g/mol. The Bertz CT molecular complexity index is 673. The molecule has 1 N–H and O–H groups in total. The molecule has 1 fully saturated rings. The predicted octanol–water partition coefficient (Wildman–Crippen LogP) is 3.15. The van der Waals surface area contributed by atoms with Gasteiger partial charge in [0.15, 0.2) is 0 Å². The van der Waals surface area contributed by atoms with Crippen molar-refractivity contribution in [3.63, 3.8) is 0 Å². The van der Waals surface area contributed by atoms with Crippen LogP contribution in [0.3, 0.4) is 0 Å². The summed E-state index contributed by atoms with van der Waals surface area (Å²) in [6.07, 6.45) is 0.466. The van der Waals surface area contributed by atoms with Crippen LogP contribution in [0, 0.1) is 0 Å². The molecular formula is C20H25NO3. The molecule has 24 heavy (non-hydrogen) atoms. The molecule has 1 saturated heterocycles. The number of benzene rings is 2. The largest absolute Gasteiger partial charge is 0.497 e. The second-order valence-corrected chi connectivity index (χ2v) is 6.36. The van der Waals surface area contributed by atoms with Crippen LogP contribution in [0.4, 0.5) is 0 Å². The van der Waals surface area contributed by atoms with Crippen molar-refractivity contribution in [1.82, 2.24) is 4.90 Å². The van der Waals surface area contributed by atoms with Crippen LogP contribution in [0.15, 0.2) is 48.5 Å². The van der Waals surface area contributed by atoms with Crippen molar-refractivity contribution in [1.29, 1.82) is 0 Å². The molecule has 1 heterocycles. The summed E-state index contributed by atoms with van der Waals surface area (Å²) in [7, 11) is 3.39. The van der Waals surface area contributed by atoms with Gasteiger partial charge in [0.2, 0.25) is 0 Å². The van der Waals surface area contributed by atoms with E-state index < -0.39 is 0 Å². The first-order chi connectivity index (χ1) is 11.7. The summed E-state index contributed by atoms with van der Waals surface area (Å²) in [4.78, 5) is 2.34. The van der Waals surface area contributed by atoms with Gasteiger partial charge in [-0.3, -0.25) is 4.90 Å². The number of methoxy groups -OCH3 is 2. The lowest BCUT2D eigenvalue weighted by atomic mass is 10.0. The zero-order valence-electron chi connectivity index (χ0n) is 14.3. The fourth-order valence-electron chi connectivity index (χ4n) is 3.47. The number of likely N-dealkylation sites (tertiary alicyclic amines) is 1. The zero-order chi connectivity index (χ0) is 16.9. The maximum absolute atomic E-state index is 10.2. The van der Waals surface area contributed by atoms with Gasteiger partial charge >= 0.3 is 0 Å². The fraction of sp³-hybridized carbons (Fsp3) is 0.400. The highest BCUT2D eigenvalue weighted by Crippen LogP contribution is 2.34. The lowest BCUT2D eigenvalue weighted by molar-refractivity contribution is 0.172. The first-order valence-electron chi connectivity index (χ1n) is 8.32. The minimum Gasteiger partial charge on any atom is -0.497 e. The fourth-order valence-corrected chi connectivity index (χ4v) is 3.47. The van der Waals surface area contributed by atoms with Crippen molar-refractivity contribution in [2.75, 3.05) is 20.8 Å². The summed E-state index contributed by atoms with van der Waals surface area (Å²) in [6.45, 7) is 2.13. The lowest BCUT2D eigenvalue weighted by Gasteiger charge is -2.25. The van der Waals surface area contributed by atoms with Gasteiger partial charge in [0.1, 0.15) is 5.75 Å². The Hall–Kier alpha value is -1.88. The molecule has 0 amide bonds. The molecule has 2 aromatic rings. The molecule has 0 aliphatic carbocycles. The van der Waals surface area contributed by atoms with Crippen LogP contribution in [0.5, 0.6) is 5.75 Å². The van der Waals surface area contributed by atoms with Gasteiger partial charge in [-0.05, 0) is 35.2 Å². The van der Waals surface area contributed by atoms with E-state index in [9.17, 15) is 5.11 Å². The van der Waals surface area contributed by atoms with E-state index in [0.717, 1.165) is 18.7 Å². The minimum absolute atomic E-state index is 0.209. The average Bonchev–Trinajstić information content (AvgIpc) is 2.96. The number of nitrogens with zero attached hydrogens (tertiary/aromatic N) is 1. The van der Waals surface area contributed by atoms with Gasteiger partial charge in [-0.2, -0.15) is 0 Å². The van der Waals surface area contributed by atoms with Crippen LogP contribution < -0.4 is 4.74 Å². The number of aliphatic hydroxyl groups excluding tert-OH is 1. The Morgan fingerprint density at radius 3 is 2.67 bits per heavy atom. The van der Waals surface area contributed by atoms with Crippen LogP contribution in [0.1, 0.15) is 29.2 Å². The van der Waals surface area contributed by atoms with Crippen molar-refractivity contribution < 1.29 is 14.6 Å². The van der Waals surface area contributed by atoms with Gasteiger partial charge in [0, 0.05) is 26.2 Å². The first-order valence-corrected chi connectivity index (χ1v) is 8.32. The van der Waals surface area contributed by atoms with Crippen molar-refractivity contribution in [2.24, 2.45) is 0 Å². The quantitative estimate of drug-likeness (QED) is 0.885. The molecule has 3 rings (SSSR count). The van der Waals surface area contributed by atoms with Gasteiger partial charge < -0.3 is 14.6 Å². The molecule has 0 saturated carbocycles. The van der Waals surface area contributed by atoms with E-state index in [1.807, 2.05) is 12.1 Å². The van der Waals surface area contributed by atoms with Crippen LogP contribution in [-0.2, 0) is 17.9 Å². The van der Waals surface area contributed by atoms with Crippen LogP contribution in [0.2, 0.25) is 0 Å². The molecule has 4 heteroatoms. The van der Waals surface area contributed by atoms with E-state index in [2.05, 4.69) is 41.3 Å². The number of aliphatic hydroxyl groups is 1. The Labute approximate surface area is 143 Å². The monoisotopic (exact) mass is 327 g/mol. The third-order valence-electron chi connectivity index (χ3n) is 4.55. The summed E-state index contributed by atoms with van der Waals surface area (Å²) < 4.78 is 10.6. The third-order valence-corrected chi connectivity index (χ3v) is 4.55. The van der Waals surface area contributed by atoms with Crippen molar-refractivity contribution in [2.45, 2.75) is 31.7 Å².